The van der Waals surface area contributed by atoms with Crippen molar-refractivity contribution in [2.24, 2.45) is 5.92 Å². The molecule has 1 aromatic carbocycles. The molecule has 1 saturated heterocycles. The van der Waals surface area contributed by atoms with Gasteiger partial charge in [-0.05, 0) is 49.9 Å². The molecule has 0 saturated carbocycles. The Bertz CT molecular complexity index is 720. The maximum atomic E-state index is 12.6. The van der Waals surface area contributed by atoms with E-state index in [2.05, 4.69) is 27.1 Å². The second-order valence-corrected chi connectivity index (χ2v) is 6.56. The number of nitrogens with one attached hydrogen (secondary N) is 1. The average Bonchev–Trinajstić information content (AvgIpc) is 2.54. The SMILES string of the molecule is Cc1cc(N2CCC(C)CC2)nc(Nc2ccc(C(F)(F)F)cc2)n1. The van der Waals surface area contributed by atoms with Crippen LogP contribution in [0.2, 0.25) is 0 Å². The Morgan fingerprint density at radius 2 is 1.72 bits per heavy atom. The molecule has 1 aliphatic heterocycles. The van der Waals surface area contributed by atoms with E-state index in [0.717, 1.165) is 55.5 Å². The van der Waals surface area contributed by atoms with Crippen LogP contribution < -0.4 is 10.2 Å². The molecule has 0 unspecified atom stereocenters. The van der Waals surface area contributed by atoms with Gasteiger partial charge in [-0.25, -0.2) is 4.98 Å². The summed E-state index contributed by atoms with van der Waals surface area (Å²) in [4.78, 5) is 11.1. The van der Waals surface area contributed by atoms with Crippen molar-refractivity contribution in [1.29, 1.82) is 0 Å². The lowest BCUT2D eigenvalue weighted by Crippen LogP contribution is -2.33. The molecule has 2 aromatic rings. The van der Waals surface area contributed by atoms with Crippen molar-refractivity contribution in [3.05, 3.63) is 41.6 Å². The maximum absolute atomic E-state index is 12.6. The molecule has 0 amide bonds. The van der Waals surface area contributed by atoms with E-state index in [1.807, 2.05) is 13.0 Å². The predicted octanol–water partition coefficient (Wildman–Crippen LogP) is 4.78. The number of hydrogen-bond acceptors (Lipinski definition) is 4. The van der Waals surface area contributed by atoms with Gasteiger partial charge in [0.2, 0.25) is 5.95 Å². The third-order valence-corrected chi connectivity index (χ3v) is 4.42. The normalized spacial score (nSPS) is 16.1. The smallest absolute Gasteiger partial charge is 0.356 e. The first-order chi connectivity index (χ1) is 11.8. The Morgan fingerprint density at radius 1 is 1.08 bits per heavy atom. The van der Waals surface area contributed by atoms with Crippen LogP contribution in [-0.4, -0.2) is 23.1 Å². The summed E-state index contributed by atoms with van der Waals surface area (Å²) in [5.41, 5.74) is 0.668. The van der Waals surface area contributed by atoms with E-state index in [-0.39, 0.29) is 0 Å². The first-order valence-corrected chi connectivity index (χ1v) is 8.36. The highest BCUT2D eigenvalue weighted by Crippen LogP contribution is 2.30. The van der Waals surface area contributed by atoms with Crippen LogP contribution in [0.15, 0.2) is 30.3 Å². The molecular weight excluding hydrogens is 329 g/mol. The van der Waals surface area contributed by atoms with Crippen molar-refractivity contribution in [2.45, 2.75) is 32.9 Å². The topological polar surface area (TPSA) is 41.1 Å². The first-order valence-electron chi connectivity index (χ1n) is 8.36. The molecule has 2 heterocycles. The van der Waals surface area contributed by atoms with Gasteiger partial charge in [-0.2, -0.15) is 18.2 Å². The second-order valence-electron chi connectivity index (χ2n) is 6.56. The molecule has 1 aromatic heterocycles. The number of hydrogen-bond donors (Lipinski definition) is 1. The van der Waals surface area contributed by atoms with E-state index in [0.29, 0.717) is 11.6 Å². The first kappa shape index (κ1) is 17.5. The largest absolute Gasteiger partial charge is 0.416 e. The van der Waals surface area contributed by atoms with Crippen molar-refractivity contribution >= 4 is 17.5 Å². The second kappa shape index (κ2) is 6.90. The van der Waals surface area contributed by atoms with Crippen LogP contribution in [0.5, 0.6) is 0 Å². The Morgan fingerprint density at radius 3 is 2.32 bits per heavy atom. The van der Waals surface area contributed by atoms with Crippen molar-refractivity contribution in [3.8, 4) is 0 Å². The number of anilines is 3. The van der Waals surface area contributed by atoms with Crippen molar-refractivity contribution in [1.82, 2.24) is 9.97 Å². The van der Waals surface area contributed by atoms with Gasteiger partial charge in [0, 0.05) is 30.5 Å². The lowest BCUT2D eigenvalue weighted by Gasteiger charge is -2.31. The van der Waals surface area contributed by atoms with Crippen LogP contribution in [0.4, 0.5) is 30.6 Å². The molecule has 1 aliphatic rings. The molecule has 3 rings (SSSR count). The summed E-state index contributed by atoms with van der Waals surface area (Å²) in [7, 11) is 0. The fourth-order valence-corrected chi connectivity index (χ4v) is 2.88. The van der Waals surface area contributed by atoms with Gasteiger partial charge in [0.15, 0.2) is 0 Å². The highest BCUT2D eigenvalue weighted by atomic mass is 19.4. The standard InChI is InChI=1S/C18H21F3N4/c1-12-7-9-25(10-8-12)16-11-13(2)22-17(24-16)23-15-5-3-14(4-6-15)18(19,20)21/h3-6,11-12H,7-10H2,1-2H3,(H,22,23,24). The van der Waals surface area contributed by atoms with Crippen LogP contribution in [0.1, 0.15) is 31.0 Å². The highest BCUT2D eigenvalue weighted by Gasteiger charge is 2.30. The fourth-order valence-electron chi connectivity index (χ4n) is 2.88. The number of nitrogens with zero attached hydrogens (tertiary/aromatic N) is 3. The van der Waals surface area contributed by atoms with Crippen molar-refractivity contribution in [3.63, 3.8) is 0 Å². The number of rotatable bonds is 3. The van der Waals surface area contributed by atoms with Gasteiger partial charge in [0.1, 0.15) is 5.82 Å². The van der Waals surface area contributed by atoms with Gasteiger partial charge in [0.25, 0.3) is 0 Å². The lowest BCUT2D eigenvalue weighted by atomic mass is 9.99. The average molecular weight is 350 g/mol. The summed E-state index contributed by atoms with van der Waals surface area (Å²) in [5, 5.41) is 3.00. The maximum Gasteiger partial charge on any atom is 0.416 e. The Hall–Kier alpha value is -2.31. The molecule has 1 N–H and O–H groups in total. The molecular formula is C18H21F3N4. The molecule has 25 heavy (non-hydrogen) atoms. The van der Waals surface area contributed by atoms with Crippen LogP contribution in [0, 0.1) is 12.8 Å². The minimum Gasteiger partial charge on any atom is -0.356 e. The Labute approximate surface area is 145 Å². The quantitative estimate of drug-likeness (QED) is 0.865. The molecule has 0 bridgehead atoms. The van der Waals surface area contributed by atoms with Gasteiger partial charge in [-0.1, -0.05) is 6.92 Å². The number of alkyl halides is 3. The summed E-state index contributed by atoms with van der Waals surface area (Å²) < 4.78 is 37.9. The third-order valence-electron chi connectivity index (χ3n) is 4.42. The summed E-state index contributed by atoms with van der Waals surface area (Å²) in [5.74, 6) is 1.98. The highest BCUT2D eigenvalue weighted by molar-refractivity contribution is 5.56. The monoisotopic (exact) mass is 350 g/mol. The fraction of sp³-hybridized carbons (Fsp3) is 0.444. The molecule has 0 spiro atoms. The summed E-state index contributed by atoms with van der Waals surface area (Å²) in [6.07, 6.45) is -2.08. The number of halogens is 3. The van der Waals surface area contributed by atoms with Gasteiger partial charge < -0.3 is 10.2 Å². The number of aryl methyl sites for hydroxylation is 1. The molecule has 0 radical (unpaired) electrons. The van der Waals surface area contributed by atoms with Gasteiger partial charge in [-0.15, -0.1) is 0 Å². The van der Waals surface area contributed by atoms with Gasteiger partial charge >= 0.3 is 6.18 Å². The third kappa shape index (κ3) is 4.41. The minimum atomic E-state index is -4.34. The van der Waals surface area contributed by atoms with E-state index < -0.39 is 11.7 Å². The van der Waals surface area contributed by atoms with Crippen LogP contribution >= 0.6 is 0 Å². The molecule has 1 fully saturated rings. The van der Waals surface area contributed by atoms with E-state index in [1.165, 1.54) is 12.1 Å². The number of piperidine rings is 1. The summed E-state index contributed by atoms with van der Waals surface area (Å²) in [6, 6.07) is 6.80. The van der Waals surface area contributed by atoms with Crippen LogP contribution in [0.3, 0.4) is 0 Å². The van der Waals surface area contributed by atoms with E-state index >= 15 is 0 Å². The van der Waals surface area contributed by atoms with E-state index in [4.69, 9.17) is 0 Å². The summed E-state index contributed by atoms with van der Waals surface area (Å²) >= 11 is 0. The Balaban J connectivity index is 1.76. The number of benzene rings is 1. The zero-order valence-corrected chi connectivity index (χ0v) is 14.3. The van der Waals surface area contributed by atoms with Crippen LogP contribution in [-0.2, 0) is 6.18 Å². The zero-order valence-electron chi connectivity index (χ0n) is 14.3. The van der Waals surface area contributed by atoms with Crippen molar-refractivity contribution < 1.29 is 13.2 Å². The predicted molar refractivity (Wildman–Crippen MR) is 92.1 cm³/mol. The van der Waals surface area contributed by atoms with Gasteiger partial charge in [-0.3, -0.25) is 0 Å². The molecule has 0 atom stereocenters. The van der Waals surface area contributed by atoms with Crippen LogP contribution in [0.25, 0.3) is 0 Å². The molecule has 4 nitrogen and oxygen atoms in total. The lowest BCUT2D eigenvalue weighted by molar-refractivity contribution is -0.137. The minimum absolute atomic E-state index is 0.397. The zero-order chi connectivity index (χ0) is 18.0. The summed E-state index contributed by atoms with van der Waals surface area (Å²) in [6.45, 7) is 6.05. The Kier molecular flexibility index (Phi) is 4.83. The molecule has 134 valence electrons. The molecule has 7 heteroatoms. The number of aromatic nitrogens is 2. The van der Waals surface area contributed by atoms with Gasteiger partial charge in [0.05, 0.1) is 5.56 Å². The van der Waals surface area contributed by atoms with E-state index in [1.54, 1.807) is 0 Å². The van der Waals surface area contributed by atoms with E-state index in [9.17, 15) is 13.2 Å². The molecule has 0 aliphatic carbocycles. The van der Waals surface area contributed by atoms with Crippen molar-refractivity contribution in [2.75, 3.05) is 23.3 Å².